The number of nitrogens with zero attached hydrogens (tertiary/aromatic N) is 3. The summed E-state index contributed by atoms with van der Waals surface area (Å²) >= 11 is 0. The van der Waals surface area contributed by atoms with Crippen LogP contribution in [-0.2, 0) is 14.1 Å². The van der Waals surface area contributed by atoms with Crippen molar-refractivity contribution in [3.63, 3.8) is 0 Å². The van der Waals surface area contributed by atoms with Crippen LogP contribution in [0.25, 0.3) is 11.2 Å². The standard InChI is InChI=1S/C30H55N5O3/c1-5-6-7-8-9-10-11-14-17-20-23-31-25(22-19-16-13-12-15-18-21-24(2)36)27-32-28-26(34(27)3)29(37)33-30(38)35(28)4/h24-25,31,36H,5-23H2,1-4H3,(H,33,37,38). The Morgan fingerprint density at radius 3 is 1.89 bits per heavy atom. The molecule has 0 bridgehead atoms. The van der Waals surface area contributed by atoms with Crippen LogP contribution in [0.1, 0.15) is 141 Å². The smallest absolute Gasteiger partial charge is 0.329 e. The minimum absolute atomic E-state index is 0.0516. The third-order valence-corrected chi connectivity index (χ3v) is 7.77. The highest BCUT2D eigenvalue weighted by atomic mass is 16.3. The van der Waals surface area contributed by atoms with Gasteiger partial charge in [0, 0.05) is 14.1 Å². The van der Waals surface area contributed by atoms with E-state index in [0.29, 0.717) is 11.2 Å². The van der Waals surface area contributed by atoms with Gasteiger partial charge in [-0.2, -0.15) is 0 Å². The number of aromatic amines is 1. The van der Waals surface area contributed by atoms with E-state index < -0.39 is 5.69 Å². The minimum atomic E-state index is -0.433. The fourth-order valence-electron chi connectivity index (χ4n) is 5.34. The Morgan fingerprint density at radius 1 is 0.789 bits per heavy atom. The van der Waals surface area contributed by atoms with Gasteiger partial charge in [0.1, 0.15) is 5.82 Å². The second-order valence-electron chi connectivity index (χ2n) is 11.3. The Balaban J connectivity index is 1.88. The zero-order valence-corrected chi connectivity index (χ0v) is 24.7. The first kappa shape index (κ1) is 32.3. The van der Waals surface area contributed by atoms with E-state index in [0.717, 1.165) is 50.9 Å². The molecule has 3 N–H and O–H groups in total. The highest BCUT2D eigenvalue weighted by molar-refractivity contribution is 5.70. The molecule has 0 amide bonds. The van der Waals surface area contributed by atoms with Crippen LogP contribution in [0.4, 0.5) is 0 Å². The van der Waals surface area contributed by atoms with Crippen molar-refractivity contribution >= 4 is 11.2 Å². The number of aliphatic hydroxyl groups is 1. The lowest BCUT2D eigenvalue weighted by atomic mass is 10.0. The van der Waals surface area contributed by atoms with Crippen LogP contribution in [-0.4, -0.2) is 36.9 Å². The zero-order chi connectivity index (χ0) is 27.8. The summed E-state index contributed by atoms with van der Waals surface area (Å²) in [6, 6.07) is 0.0516. The average molecular weight is 534 g/mol. The van der Waals surface area contributed by atoms with E-state index >= 15 is 0 Å². The summed E-state index contributed by atoms with van der Waals surface area (Å²) in [6.07, 6.45) is 21.7. The summed E-state index contributed by atoms with van der Waals surface area (Å²) in [5.41, 5.74) is 0.0821. The van der Waals surface area contributed by atoms with Crippen molar-refractivity contribution in [1.82, 2.24) is 24.4 Å². The molecule has 2 heterocycles. The number of rotatable bonds is 22. The maximum atomic E-state index is 12.5. The highest BCUT2D eigenvalue weighted by Gasteiger charge is 2.21. The van der Waals surface area contributed by atoms with Crippen molar-refractivity contribution in [2.45, 2.75) is 142 Å². The fourth-order valence-corrected chi connectivity index (χ4v) is 5.34. The first-order valence-corrected chi connectivity index (χ1v) is 15.4. The van der Waals surface area contributed by atoms with Crippen LogP contribution < -0.4 is 16.6 Å². The molecule has 0 spiro atoms. The van der Waals surface area contributed by atoms with Gasteiger partial charge in [0.05, 0.1) is 12.1 Å². The third-order valence-electron chi connectivity index (χ3n) is 7.77. The number of aryl methyl sites for hydroxylation is 2. The molecular weight excluding hydrogens is 478 g/mol. The fraction of sp³-hybridized carbons (Fsp3) is 0.833. The van der Waals surface area contributed by atoms with Crippen LogP contribution in [0, 0.1) is 0 Å². The maximum absolute atomic E-state index is 12.5. The minimum Gasteiger partial charge on any atom is -0.393 e. The Labute approximate surface area is 229 Å². The normalized spacial score (nSPS) is 13.4. The second kappa shape index (κ2) is 18.4. The molecule has 0 aromatic carbocycles. The van der Waals surface area contributed by atoms with Gasteiger partial charge in [-0.1, -0.05) is 103 Å². The lowest BCUT2D eigenvalue weighted by Gasteiger charge is -2.19. The molecule has 8 heteroatoms. The molecule has 0 saturated carbocycles. The summed E-state index contributed by atoms with van der Waals surface area (Å²) in [6.45, 7) is 5.05. The largest absolute Gasteiger partial charge is 0.393 e. The number of nitrogens with one attached hydrogen (secondary N) is 2. The van der Waals surface area contributed by atoms with E-state index in [1.165, 1.54) is 81.6 Å². The molecule has 0 radical (unpaired) electrons. The van der Waals surface area contributed by atoms with Gasteiger partial charge in [0.25, 0.3) is 5.56 Å². The van der Waals surface area contributed by atoms with Gasteiger partial charge in [0.15, 0.2) is 11.2 Å². The molecule has 0 fully saturated rings. The number of hydrogen-bond donors (Lipinski definition) is 3. The molecule has 0 aliphatic carbocycles. The molecule has 2 unspecified atom stereocenters. The van der Waals surface area contributed by atoms with E-state index in [-0.39, 0.29) is 17.7 Å². The Hall–Kier alpha value is -1.93. The predicted octanol–water partition coefficient (Wildman–Crippen LogP) is 6.01. The zero-order valence-electron chi connectivity index (χ0n) is 24.7. The number of hydrogen-bond acceptors (Lipinski definition) is 5. The Bertz CT molecular complexity index is 1020. The summed E-state index contributed by atoms with van der Waals surface area (Å²) in [4.78, 5) is 31.8. The van der Waals surface area contributed by atoms with Crippen molar-refractivity contribution in [3.8, 4) is 0 Å². The Kier molecular flexibility index (Phi) is 15.6. The van der Waals surface area contributed by atoms with E-state index in [1.54, 1.807) is 7.05 Å². The first-order valence-electron chi connectivity index (χ1n) is 15.4. The summed E-state index contributed by atoms with van der Waals surface area (Å²) in [7, 11) is 3.53. The highest BCUT2D eigenvalue weighted by Crippen LogP contribution is 2.22. The number of imidazole rings is 1. The van der Waals surface area contributed by atoms with Crippen LogP contribution >= 0.6 is 0 Å². The van der Waals surface area contributed by atoms with E-state index in [9.17, 15) is 14.7 Å². The van der Waals surface area contributed by atoms with E-state index in [2.05, 4.69) is 17.2 Å². The lowest BCUT2D eigenvalue weighted by molar-refractivity contribution is 0.180. The summed E-state index contributed by atoms with van der Waals surface area (Å²) in [5.74, 6) is 0.829. The van der Waals surface area contributed by atoms with Crippen LogP contribution in [0.2, 0.25) is 0 Å². The molecule has 8 nitrogen and oxygen atoms in total. The number of aliphatic hydroxyl groups excluding tert-OH is 1. The number of aromatic nitrogens is 4. The molecule has 2 rings (SSSR count). The van der Waals surface area contributed by atoms with E-state index in [1.807, 2.05) is 18.5 Å². The van der Waals surface area contributed by atoms with Gasteiger partial charge in [-0.3, -0.25) is 14.3 Å². The van der Waals surface area contributed by atoms with E-state index in [4.69, 9.17) is 4.98 Å². The summed E-state index contributed by atoms with van der Waals surface area (Å²) < 4.78 is 3.28. The maximum Gasteiger partial charge on any atom is 0.329 e. The Morgan fingerprint density at radius 2 is 1.32 bits per heavy atom. The molecule has 2 aromatic heterocycles. The molecule has 38 heavy (non-hydrogen) atoms. The molecule has 2 atom stereocenters. The predicted molar refractivity (Wildman–Crippen MR) is 158 cm³/mol. The van der Waals surface area contributed by atoms with Crippen molar-refractivity contribution in [3.05, 3.63) is 26.7 Å². The van der Waals surface area contributed by atoms with Gasteiger partial charge in [-0.15, -0.1) is 0 Å². The van der Waals surface area contributed by atoms with Crippen molar-refractivity contribution < 1.29 is 5.11 Å². The first-order chi connectivity index (χ1) is 18.4. The molecule has 0 aliphatic rings. The molecule has 2 aromatic rings. The average Bonchev–Trinajstić information content (AvgIpc) is 3.23. The van der Waals surface area contributed by atoms with Crippen LogP contribution in [0.3, 0.4) is 0 Å². The SMILES string of the molecule is CCCCCCCCCCCCNC(CCCCCCCCC(C)O)c1nc2c(c(=O)[nH]c(=O)n2C)n1C. The third kappa shape index (κ3) is 11.0. The monoisotopic (exact) mass is 533 g/mol. The number of fused-ring (bicyclic) bond motifs is 1. The molecule has 0 saturated heterocycles. The topological polar surface area (TPSA) is 105 Å². The van der Waals surface area contributed by atoms with Gasteiger partial charge >= 0.3 is 5.69 Å². The second-order valence-corrected chi connectivity index (χ2v) is 11.3. The number of H-pyrrole nitrogens is 1. The molecule has 218 valence electrons. The van der Waals surface area contributed by atoms with Gasteiger partial charge in [-0.25, -0.2) is 9.78 Å². The molecule has 0 aliphatic heterocycles. The molecular formula is C30H55N5O3. The summed E-state index contributed by atoms with van der Waals surface area (Å²) in [5, 5.41) is 13.1. The van der Waals surface area contributed by atoms with Crippen LogP contribution in [0.15, 0.2) is 9.59 Å². The lowest BCUT2D eigenvalue weighted by Crippen LogP contribution is -2.29. The van der Waals surface area contributed by atoms with Crippen molar-refractivity contribution in [2.75, 3.05) is 6.54 Å². The van der Waals surface area contributed by atoms with Gasteiger partial charge < -0.3 is 15.0 Å². The van der Waals surface area contributed by atoms with Gasteiger partial charge in [0.2, 0.25) is 0 Å². The van der Waals surface area contributed by atoms with Crippen LogP contribution in [0.5, 0.6) is 0 Å². The number of unbranched alkanes of at least 4 members (excludes halogenated alkanes) is 14. The quantitative estimate of drug-likeness (QED) is 0.161. The van der Waals surface area contributed by atoms with Crippen molar-refractivity contribution in [2.24, 2.45) is 14.1 Å². The van der Waals surface area contributed by atoms with Crippen molar-refractivity contribution in [1.29, 1.82) is 0 Å². The van der Waals surface area contributed by atoms with Gasteiger partial charge in [-0.05, 0) is 32.7 Å².